The van der Waals surface area contributed by atoms with E-state index < -0.39 is 0 Å². The fourth-order valence-electron chi connectivity index (χ4n) is 1.79. The summed E-state index contributed by atoms with van der Waals surface area (Å²) in [6.45, 7) is -0.219. The summed E-state index contributed by atoms with van der Waals surface area (Å²) in [4.78, 5) is 23.5. The molecule has 0 aliphatic rings. The number of ketones is 2. The number of methoxy groups -OCH3 is 1. The number of rotatable bonds is 7. The number of allylic oxidation sites excluding steroid dienone is 2. The quantitative estimate of drug-likeness (QED) is 0.272. The molecule has 0 saturated carbocycles. The van der Waals surface area contributed by atoms with Crippen molar-refractivity contribution in [1.29, 1.82) is 0 Å². The van der Waals surface area contributed by atoms with Crippen molar-refractivity contribution < 1.29 is 19.4 Å². The fourth-order valence-corrected chi connectivity index (χ4v) is 1.79. The van der Waals surface area contributed by atoms with Gasteiger partial charge < -0.3 is 9.84 Å². The average molecular weight is 296 g/mol. The summed E-state index contributed by atoms with van der Waals surface area (Å²) in [6.07, 6.45) is 6.64. The van der Waals surface area contributed by atoms with Crippen LogP contribution in [-0.4, -0.2) is 30.4 Å². The van der Waals surface area contributed by atoms with E-state index in [1.807, 2.05) is 0 Å². The molecule has 112 valence electrons. The molecule has 0 heterocycles. The standard InChI is InChI=1S/C18H16O4/c1-3-4-9-18(21)17-8-6-5-7-14(17)12-16(22-2)13-15(20)10-11-19/h1,5-8,13,19H,10-12H2,2H3. The Kier molecular flexibility index (Phi) is 7.19. The Morgan fingerprint density at radius 1 is 1.36 bits per heavy atom. The Morgan fingerprint density at radius 3 is 2.73 bits per heavy atom. The van der Waals surface area contributed by atoms with Crippen LogP contribution in [0.2, 0.25) is 0 Å². The third kappa shape index (κ3) is 5.28. The number of aliphatic hydroxyl groups is 1. The van der Waals surface area contributed by atoms with Gasteiger partial charge in [-0.1, -0.05) is 24.3 Å². The molecule has 4 heteroatoms. The molecule has 0 radical (unpaired) electrons. The van der Waals surface area contributed by atoms with Gasteiger partial charge in [0.2, 0.25) is 5.78 Å². The lowest BCUT2D eigenvalue weighted by Crippen LogP contribution is -2.05. The summed E-state index contributed by atoms with van der Waals surface area (Å²) in [5.74, 6) is 6.52. The fraction of sp³-hybridized carbons (Fsp3) is 0.222. The van der Waals surface area contributed by atoms with Crippen molar-refractivity contribution in [1.82, 2.24) is 0 Å². The molecule has 0 aliphatic heterocycles. The van der Waals surface area contributed by atoms with Crippen molar-refractivity contribution in [2.45, 2.75) is 12.8 Å². The van der Waals surface area contributed by atoms with Crippen LogP contribution in [0.5, 0.6) is 0 Å². The van der Waals surface area contributed by atoms with Crippen molar-refractivity contribution in [3.63, 3.8) is 0 Å². The van der Waals surface area contributed by atoms with Gasteiger partial charge in [0, 0.05) is 24.5 Å². The minimum atomic E-state index is -0.384. The molecule has 0 fully saturated rings. The molecular weight excluding hydrogens is 280 g/mol. The van der Waals surface area contributed by atoms with E-state index in [1.165, 1.54) is 13.2 Å². The molecule has 0 aliphatic carbocycles. The normalized spacial score (nSPS) is 10.1. The van der Waals surface area contributed by atoms with Gasteiger partial charge in [-0.05, 0) is 23.3 Å². The Morgan fingerprint density at radius 2 is 2.09 bits per heavy atom. The number of benzene rings is 1. The summed E-state index contributed by atoms with van der Waals surface area (Å²) in [5, 5.41) is 8.74. The van der Waals surface area contributed by atoms with E-state index in [1.54, 1.807) is 24.3 Å². The maximum atomic E-state index is 12.0. The molecule has 0 amide bonds. The molecule has 0 atom stereocenters. The second kappa shape index (κ2) is 9.18. The van der Waals surface area contributed by atoms with E-state index in [0.717, 1.165) is 0 Å². The van der Waals surface area contributed by atoms with Gasteiger partial charge in [-0.2, -0.15) is 0 Å². The lowest BCUT2D eigenvalue weighted by atomic mass is 10.00. The van der Waals surface area contributed by atoms with Crippen LogP contribution in [0, 0.1) is 24.2 Å². The number of hydrogen-bond donors (Lipinski definition) is 1. The van der Waals surface area contributed by atoms with Gasteiger partial charge >= 0.3 is 0 Å². The molecule has 1 N–H and O–H groups in total. The molecule has 1 aromatic rings. The zero-order chi connectivity index (χ0) is 16.4. The van der Waals surface area contributed by atoms with E-state index >= 15 is 0 Å². The first-order valence-electron chi connectivity index (χ1n) is 6.59. The Balaban J connectivity index is 3.05. The van der Waals surface area contributed by atoms with Gasteiger partial charge in [0.1, 0.15) is 5.76 Å². The summed E-state index contributed by atoms with van der Waals surface area (Å²) in [7, 11) is 1.45. The van der Waals surface area contributed by atoms with Crippen LogP contribution in [0.15, 0.2) is 36.1 Å². The first kappa shape index (κ1) is 17.2. The highest BCUT2D eigenvalue weighted by molar-refractivity contribution is 6.10. The summed E-state index contributed by atoms with van der Waals surface area (Å²) in [6, 6.07) is 6.91. The zero-order valence-electron chi connectivity index (χ0n) is 12.3. The zero-order valence-corrected chi connectivity index (χ0v) is 12.3. The summed E-state index contributed by atoms with van der Waals surface area (Å²) >= 11 is 0. The van der Waals surface area contributed by atoms with Crippen molar-refractivity contribution in [2.24, 2.45) is 0 Å². The van der Waals surface area contributed by atoms with Crippen molar-refractivity contribution in [2.75, 3.05) is 13.7 Å². The number of terminal acetylenes is 1. The maximum absolute atomic E-state index is 12.0. The summed E-state index contributed by atoms with van der Waals surface area (Å²) < 4.78 is 5.17. The summed E-state index contributed by atoms with van der Waals surface area (Å²) in [5.41, 5.74) is 1.10. The Hall–Kier alpha value is -2.82. The van der Waals surface area contributed by atoms with Gasteiger partial charge in [0.05, 0.1) is 13.7 Å². The largest absolute Gasteiger partial charge is 0.501 e. The van der Waals surface area contributed by atoms with Crippen LogP contribution in [0.25, 0.3) is 0 Å². The van der Waals surface area contributed by atoms with E-state index in [9.17, 15) is 9.59 Å². The number of hydrogen-bond acceptors (Lipinski definition) is 4. The Labute approximate surface area is 129 Å². The van der Waals surface area contributed by atoms with Crippen LogP contribution in [-0.2, 0) is 16.0 Å². The minimum absolute atomic E-state index is 0.0289. The lowest BCUT2D eigenvalue weighted by molar-refractivity contribution is -0.115. The van der Waals surface area contributed by atoms with Crippen molar-refractivity contribution >= 4 is 11.6 Å². The number of ether oxygens (including phenoxy) is 1. The minimum Gasteiger partial charge on any atom is -0.501 e. The molecule has 0 unspecified atom stereocenters. The van der Waals surface area contributed by atoms with Crippen LogP contribution < -0.4 is 0 Å². The van der Waals surface area contributed by atoms with Gasteiger partial charge in [-0.25, -0.2) is 0 Å². The van der Waals surface area contributed by atoms with E-state index in [-0.39, 0.29) is 31.0 Å². The number of Topliss-reactive ketones (excluding diaryl/α,β-unsaturated/α-hetero) is 1. The molecule has 1 rings (SSSR count). The maximum Gasteiger partial charge on any atom is 0.237 e. The first-order valence-corrected chi connectivity index (χ1v) is 6.59. The highest BCUT2D eigenvalue weighted by Crippen LogP contribution is 2.15. The molecular formula is C18H16O4. The van der Waals surface area contributed by atoms with E-state index in [2.05, 4.69) is 17.8 Å². The molecule has 0 saturated heterocycles. The highest BCUT2D eigenvalue weighted by Gasteiger charge is 2.11. The lowest BCUT2D eigenvalue weighted by Gasteiger charge is -2.09. The third-order valence-electron chi connectivity index (χ3n) is 2.82. The highest BCUT2D eigenvalue weighted by atomic mass is 16.5. The Bertz CT molecular complexity index is 681. The number of aliphatic hydroxyl groups excluding tert-OH is 1. The smallest absolute Gasteiger partial charge is 0.237 e. The molecule has 0 bridgehead atoms. The average Bonchev–Trinajstić information content (AvgIpc) is 2.52. The second-order valence-electron chi connectivity index (χ2n) is 4.31. The van der Waals surface area contributed by atoms with Crippen molar-refractivity contribution in [3.05, 3.63) is 47.2 Å². The van der Waals surface area contributed by atoms with Gasteiger partial charge in [0.25, 0.3) is 0 Å². The third-order valence-corrected chi connectivity index (χ3v) is 2.82. The van der Waals surface area contributed by atoms with Crippen LogP contribution in [0.4, 0.5) is 0 Å². The van der Waals surface area contributed by atoms with E-state index in [0.29, 0.717) is 16.9 Å². The van der Waals surface area contributed by atoms with Gasteiger partial charge in [-0.3, -0.25) is 9.59 Å². The monoisotopic (exact) mass is 296 g/mol. The van der Waals surface area contributed by atoms with E-state index in [4.69, 9.17) is 16.3 Å². The van der Waals surface area contributed by atoms with Crippen LogP contribution in [0.3, 0.4) is 0 Å². The van der Waals surface area contributed by atoms with Gasteiger partial charge in [-0.15, -0.1) is 6.42 Å². The molecule has 0 aromatic heterocycles. The SMILES string of the molecule is C#CC#CC(=O)c1ccccc1CC(=CC(=O)CCO)OC. The van der Waals surface area contributed by atoms with Crippen molar-refractivity contribution in [3.8, 4) is 24.2 Å². The predicted molar refractivity (Wildman–Crippen MR) is 82.9 cm³/mol. The van der Waals surface area contributed by atoms with Crippen LogP contribution >= 0.6 is 0 Å². The predicted octanol–water partition coefficient (Wildman–Crippen LogP) is 1.53. The number of carbonyl (C=O) groups is 2. The molecule has 22 heavy (non-hydrogen) atoms. The first-order chi connectivity index (χ1) is 10.6. The van der Waals surface area contributed by atoms with Gasteiger partial charge in [0.15, 0.2) is 5.78 Å². The second-order valence-corrected chi connectivity index (χ2v) is 4.31. The molecule has 4 nitrogen and oxygen atoms in total. The molecule has 1 aromatic carbocycles. The number of carbonyl (C=O) groups excluding carboxylic acids is 2. The molecule has 0 spiro atoms. The topological polar surface area (TPSA) is 63.6 Å². The van der Waals surface area contributed by atoms with Crippen LogP contribution in [0.1, 0.15) is 22.3 Å².